The van der Waals surface area contributed by atoms with Gasteiger partial charge in [-0.1, -0.05) is 11.6 Å². The van der Waals surface area contributed by atoms with Crippen molar-refractivity contribution in [2.24, 2.45) is 0 Å². The third-order valence-electron chi connectivity index (χ3n) is 2.66. The van der Waals surface area contributed by atoms with Gasteiger partial charge in [0.05, 0.1) is 5.02 Å². The fourth-order valence-corrected chi connectivity index (χ4v) is 1.91. The topological polar surface area (TPSA) is 33.2 Å². The highest BCUT2D eigenvalue weighted by Gasteiger charge is 2.16. The van der Waals surface area contributed by atoms with E-state index >= 15 is 0 Å². The molecule has 1 aromatic rings. The summed E-state index contributed by atoms with van der Waals surface area (Å²) in [5.41, 5.74) is 1.08. The Morgan fingerprint density at radius 1 is 1.40 bits per heavy atom. The van der Waals surface area contributed by atoms with Crippen LogP contribution in [0.5, 0.6) is 0 Å². The highest BCUT2D eigenvalue weighted by atomic mass is 35.5. The number of aromatic nitrogens is 1. The molecule has 0 amide bonds. The van der Waals surface area contributed by atoms with Crippen LogP contribution in [0.4, 0.5) is 0 Å². The molecule has 0 unspecified atom stereocenters. The van der Waals surface area contributed by atoms with Gasteiger partial charge in [-0.15, -0.1) is 0 Å². The Kier molecular flexibility index (Phi) is 3.34. The molecule has 1 aliphatic rings. The minimum absolute atomic E-state index is 0.368. The second kappa shape index (κ2) is 4.73. The molecule has 0 aliphatic carbocycles. The lowest BCUT2D eigenvalue weighted by molar-refractivity contribution is -0.121. The number of pyridine rings is 1. The van der Waals surface area contributed by atoms with Crippen LogP contribution < -0.4 is 0 Å². The molecule has 0 radical (unpaired) electrons. The van der Waals surface area contributed by atoms with Gasteiger partial charge >= 0.3 is 0 Å². The molecule has 2 heterocycles. The molecular formula is C11H13ClN2O. The van der Waals surface area contributed by atoms with Gasteiger partial charge in [0.1, 0.15) is 5.78 Å². The number of piperidine rings is 1. The fraction of sp³-hybridized carbons (Fsp3) is 0.455. The van der Waals surface area contributed by atoms with E-state index in [0.717, 1.165) is 25.2 Å². The highest BCUT2D eigenvalue weighted by molar-refractivity contribution is 6.31. The van der Waals surface area contributed by atoms with Crippen LogP contribution in [0.3, 0.4) is 0 Å². The quantitative estimate of drug-likeness (QED) is 0.770. The van der Waals surface area contributed by atoms with Crippen LogP contribution in [0, 0.1) is 0 Å². The van der Waals surface area contributed by atoms with E-state index in [1.165, 1.54) is 0 Å². The Labute approximate surface area is 94.1 Å². The Hall–Kier alpha value is -0.930. The van der Waals surface area contributed by atoms with E-state index in [4.69, 9.17) is 11.6 Å². The molecule has 1 aliphatic heterocycles. The zero-order valence-corrected chi connectivity index (χ0v) is 9.20. The maximum atomic E-state index is 11.1. The average Bonchev–Trinajstić information content (AvgIpc) is 2.25. The van der Waals surface area contributed by atoms with Crippen LogP contribution >= 0.6 is 11.6 Å². The Morgan fingerprint density at radius 2 is 2.13 bits per heavy atom. The number of likely N-dealkylation sites (tertiary alicyclic amines) is 1. The average molecular weight is 225 g/mol. The number of ketones is 1. The van der Waals surface area contributed by atoms with Crippen molar-refractivity contribution in [3.8, 4) is 0 Å². The van der Waals surface area contributed by atoms with E-state index in [-0.39, 0.29) is 0 Å². The van der Waals surface area contributed by atoms with Gasteiger partial charge in [0.2, 0.25) is 0 Å². The summed E-state index contributed by atoms with van der Waals surface area (Å²) in [5, 5.41) is 0.703. The molecule has 4 heteroatoms. The van der Waals surface area contributed by atoms with E-state index in [0.29, 0.717) is 23.6 Å². The number of halogens is 1. The zero-order valence-electron chi connectivity index (χ0n) is 8.45. The smallest absolute Gasteiger partial charge is 0.135 e. The van der Waals surface area contributed by atoms with Crippen LogP contribution in [0.1, 0.15) is 18.4 Å². The molecule has 80 valence electrons. The van der Waals surface area contributed by atoms with Gasteiger partial charge in [0, 0.05) is 44.9 Å². The van der Waals surface area contributed by atoms with E-state index in [1.54, 1.807) is 12.4 Å². The van der Waals surface area contributed by atoms with Crippen molar-refractivity contribution < 1.29 is 4.79 Å². The SMILES string of the molecule is O=C1CCN(Cc2ccncc2Cl)CC1. The molecule has 3 nitrogen and oxygen atoms in total. The van der Waals surface area contributed by atoms with Crippen molar-refractivity contribution in [3.63, 3.8) is 0 Å². The summed E-state index contributed by atoms with van der Waals surface area (Å²) in [6.07, 6.45) is 4.74. The lowest BCUT2D eigenvalue weighted by Crippen LogP contribution is -2.33. The largest absolute Gasteiger partial charge is 0.300 e. The second-order valence-electron chi connectivity index (χ2n) is 3.78. The summed E-state index contributed by atoms with van der Waals surface area (Å²) in [5.74, 6) is 0.368. The van der Waals surface area contributed by atoms with Crippen LogP contribution in [-0.4, -0.2) is 28.8 Å². The van der Waals surface area contributed by atoms with Gasteiger partial charge in [0.25, 0.3) is 0 Å². The van der Waals surface area contributed by atoms with Crippen molar-refractivity contribution in [2.75, 3.05) is 13.1 Å². The van der Waals surface area contributed by atoms with Gasteiger partial charge < -0.3 is 0 Å². The van der Waals surface area contributed by atoms with Gasteiger partial charge in [-0.3, -0.25) is 14.7 Å². The van der Waals surface area contributed by atoms with Gasteiger partial charge in [-0.05, 0) is 11.6 Å². The first-order chi connectivity index (χ1) is 7.25. The number of hydrogen-bond acceptors (Lipinski definition) is 3. The summed E-state index contributed by atoms with van der Waals surface area (Å²) < 4.78 is 0. The standard InChI is InChI=1S/C11H13ClN2O/c12-11-7-13-4-1-9(11)8-14-5-2-10(15)3-6-14/h1,4,7H,2-3,5-6,8H2. The number of carbonyl (C=O) groups excluding carboxylic acids is 1. The normalized spacial score (nSPS) is 18.1. The number of carbonyl (C=O) groups is 1. The summed E-state index contributed by atoms with van der Waals surface area (Å²) >= 11 is 6.02. The second-order valence-corrected chi connectivity index (χ2v) is 4.19. The predicted molar refractivity (Wildman–Crippen MR) is 58.8 cm³/mol. The Morgan fingerprint density at radius 3 is 2.80 bits per heavy atom. The number of Topliss-reactive ketones (excluding diaryl/α,β-unsaturated/α-hetero) is 1. The van der Waals surface area contributed by atoms with E-state index < -0.39 is 0 Å². The Bertz CT molecular complexity index is 357. The van der Waals surface area contributed by atoms with Gasteiger partial charge in [-0.2, -0.15) is 0 Å². The molecular weight excluding hydrogens is 212 g/mol. The first-order valence-corrected chi connectivity index (χ1v) is 5.46. The van der Waals surface area contributed by atoms with Crippen molar-refractivity contribution in [1.82, 2.24) is 9.88 Å². The molecule has 1 saturated heterocycles. The lowest BCUT2D eigenvalue weighted by atomic mass is 10.1. The Balaban J connectivity index is 1.97. The van der Waals surface area contributed by atoms with Crippen molar-refractivity contribution in [1.29, 1.82) is 0 Å². The minimum Gasteiger partial charge on any atom is -0.300 e. The molecule has 0 bridgehead atoms. The first-order valence-electron chi connectivity index (χ1n) is 5.08. The lowest BCUT2D eigenvalue weighted by Gasteiger charge is -2.25. The predicted octanol–water partition coefficient (Wildman–Crippen LogP) is 1.90. The number of hydrogen-bond donors (Lipinski definition) is 0. The molecule has 0 N–H and O–H groups in total. The van der Waals surface area contributed by atoms with Gasteiger partial charge in [0.15, 0.2) is 0 Å². The van der Waals surface area contributed by atoms with Crippen LogP contribution in [0.25, 0.3) is 0 Å². The minimum atomic E-state index is 0.368. The molecule has 1 aromatic heterocycles. The first kappa shape index (κ1) is 10.6. The van der Waals surface area contributed by atoms with Crippen molar-refractivity contribution >= 4 is 17.4 Å². The molecule has 1 fully saturated rings. The maximum absolute atomic E-state index is 11.1. The fourth-order valence-electron chi connectivity index (χ4n) is 1.73. The van der Waals surface area contributed by atoms with Crippen LogP contribution in [0.15, 0.2) is 18.5 Å². The molecule has 0 saturated carbocycles. The van der Waals surface area contributed by atoms with E-state index in [1.807, 2.05) is 6.07 Å². The molecule has 0 aromatic carbocycles. The molecule has 0 atom stereocenters. The summed E-state index contributed by atoms with van der Waals surface area (Å²) in [6, 6.07) is 1.93. The summed E-state index contributed by atoms with van der Waals surface area (Å²) in [6.45, 7) is 2.50. The third-order valence-corrected chi connectivity index (χ3v) is 3.00. The molecule has 15 heavy (non-hydrogen) atoms. The third kappa shape index (κ3) is 2.76. The summed E-state index contributed by atoms with van der Waals surface area (Å²) in [4.78, 5) is 17.3. The van der Waals surface area contributed by atoms with Crippen molar-refractivity contribution in [3.05, 3.63) is 29.0 Å². The zero-order chi connectivity index (χ0) is 10.7. The van der Waals surface area contributed by atoms with Gasteiger partial charge in [-0.25, -0.2) is 0 Å². The van der Waals surface area contributed by atoms with E-state index in [9.17, 15) is 4.79 Å². The molecule has 0 spiro atoms. The number of rotatable bonds is 2. The molecule has 2 rings (SSSR count). The van der Waals surface area contributed by atoms with E-state index in [2.05, 4.69) is 9.88 Å². The number of nitrogens with zero attached hydrogens (tertiary/aromatic N) is 2. The monoisotopic (exact) mass is 224 g/mol. The maximum Gasteiger partial charge on any atom is 0.135 e. The van der Waals surface area contributed by atoms with Crippen LogP contribution in [-0.2, 0) is 11.3 Å². The summed E-state index contributed by atoms with van der Waals surface area (Å²) in [7, 11) is 0. The highest BCUT2D eigenvalue weighted by Crippen LogP contribution is 2.17. The van der Waals surface area contributed by atoms with Crippen LogP contribution in [0.2, 0.25) is 5.02 Å². The van der Waals surface area contributed by atoms with Crippen molar-refractivity contribution in [2.45, 2.75) is 19.4 Å².